The lowest BCUT2D eigenvalue weighted by Gasteiger charge is -2.16. The molecule has 2 rings (SSSR count). The summed E-state index contributed by atoms with van der Waals surface area (Å²) in [5.41, 5.74) is 1.02. The fraction of sp³-hybridized carbons (Fsp3) is 0.444. The molecule has 4 heteroatoms. The molecule has 2 N–H and O–H groups in total. The number of unbranched alkanes of at least 4 members (excludes halogenated alkanes) is 1. The van der Waals surface area contributed by atoms with Crippen molar-refractivity contribution < 1.29 is 9.90 Å². The van der Waals surface area contributed by atoms with E-state index in [9.17, 15) is 9.90 Å². The van der Waals surface area contributed by atoms with E-state index >= 15 is 0 Å². The highest BCUT2D eigenvalue weighted by atomic mass is 16.4. The number of nitrogens with one attached hydrogen (secondary N) is 1. The lowest BCUT2D eigenvalue weighted by molar-refractivity contribution is 0.0699. The zero-order valence-corrected chi connectivity index (χ0v) is 13.3. The minimum absolute atomic E-state index is 0.301. The van der Waals surface area contributed by atoms with Gasteiger partial charge >= 0.3 is 5.97 Å². The second kappa shape index (κ2) is 7.78. The minimum atomic E-state index is -0.917. The van der Waals surface area contributed by atoms with Gasteiger partial charge in [-0.1, -0.05) is 51.3 Å². The van der Waals surface area contributed by atoms with Gasteiger partial charge in [0.15, 0.2) is 0 Å². The number of aromatic carboxylic acids is 1. The summed E-state index contributed by atoms with van der Waals surface area (Å²) < 4.78 is 0. The number of rotatable bonds is 8. The van der Waals surface area contributed by atoms with E-state index in [4.69, 9.17) is 0 Å². The predicted molar refractivity (Wildman–Crippen MR) is 90.5 cm³/mol. The van der Waals surface area contributed by atoms with E-state index in [2.05, 4.69) is 24.1 Å². The number of para-hydroxylation sites is 1. The Hall–Kier alpha value is -2.10. The van der Waals surface area contributed by atoms with Gasteiger partial charge in [0.2, 0.25) is 0 Å². The molecule has 1 aromatic heterocycles. The van der Waals surface area contributed by atoms with Crippen LogP contribution in [-0.4, -0.2) is 22.6 Å². The van der Waals surface area contributed by atoms with Crippen molar-refractivity contribution >= 4 is 22.7 Å². The first-order valence-electron chi connectivity index (χ1n) is 8.02. The van der Waals surface area contributed by atoms with Crippen molar-refractivity contribution in [2.24, 2.45) is 5.92 Å². The van der Waals surface area contributed by atoms with Gasteiger partial charge < -0.3 is 10.4 Å². The molecule has 22 heavy (non-hydrogen) atoms. The molecule has 0 saturated heterocycles. The fourth-order valence-electron chi connectivity index (χ4n) is 2.64. The largest absolute Gasteiger partial charge is 0.478 e. The van der Waals surface area contributed by atoms with Crippen molar-refractivity contribution in [3.8, 4) is 0 Å². The van der Waals surface area contributed by atoms with Gasteiger partial charge in [0.1, 0.15) is 5.82 Å². The first kappa shape index (κ1) is 16.3. The van der Waals surface area contributed by atoms with Crippen LogP contribution < -0.4 is 5.32 Å². The van der Waals surface area contributed by atoms with Crippen LogP contribution in [0.1, 0.15) is 49.9 Å². The van der Waals surface area contributed by atoms with Crippen molar-refractivity contribution in [3.05, 3.63) is 35.9 Å². The van der Waals surface area contributed by atoms with Crippen LogP contribution in [0.3, 0.4) is 0 Å². The van der Waals surface area contributed by atoms with E-state index < -0.39 is 5.97 Å². The van der Waals surface area contributed by atoms with Gasteiger partial charge in [-0.15, -0.1) is 0 Å². The highest BCUT2D eigenvalue weighted by Crippen LogP contribution is 2.21. The molecule has 0 fully saturated rings. The van der Waals surface area contributed by atoms with Gasteiger partial charge in [0, 0.05) is 11.9 Å². The monoisotopic (exact) mass is 300 g/mol. The number of carboxylic acids is 1. The smallest absolute Gasteiger partial charge is 0.336 e. The predicted octanol–water partition coefficient (Wildman–Crippen LogP) is 4.56. The van der Waals surface area contributed by atoms with E-state index in [0.717, 1.165) is 13.0 Å². The molecule has 0 bridgehead atoms. The number of benzene rings is 1. The zero-order valence-electron chi connectivity index (χ0n) is 13.3. The number of hydrogen-bond acceptors (Lipinski definition) is 3. The number of pyridine rings is 1. The molecule has 1 aromatic carbocycles. The summed E-state index contributed by atoms with van der Waals surface area (Å²) in [5.74, 6) is 0.326. The number of nitrogens with zero attached hydrogens (tertiary/aromatic N) is 1. The number of aromatic nitrogens is 1. The molecular weight excluding hydrogens is 276 g/mol. The van der Waals surface area contributed by atoms with Crippen LogP contribution in [0.25, 0.3) is 10.9 Å². The van der Waals surface area contributed by atoms with Gasteiger partial charge in [-0.3, -0.25) is 0 Å². The summed E-state index contributed by atoms with van der Waals surface area (Å²) in [6, 6.07) is 8.99. The molecule has 1 atom stereocenters. The topological polar surface area (TPSA) is 62.2 Å². The molecule has 0 spiro atoms. The number of carbonyl (C=O) groups is 1. The summed E-state index contributed by atoms with van der Waals surface area (Å²) in [4.78, 5) is 16.0. The van der Waals surface area contributed by atoms with Crippen molar-refractivity contribution in [3.63, 3.8) is 0 Å². The summed E-state index contributed by atoms with van der Waals surface area (Å²) in [6.45, 7) is 5.23. The number of anilines is 1. The van der Waals surface area contributed by atoms with Gasteiger partial charge in [0.05, 0.1) is 11.1 Å². The molecule has 0 aliphatic carbocycles. The van der Waals surface area contributed by atoms with Crippen LogP contribution in [0.5, 0.6) is 0 Å². The lowest BCUT2D eigenvalue weighted by atomic mass is 9.99. The molecule has 0 saturated carbocycles. The van der Waals surface area contributed by atoms with Gasteiger partial charge in [0.25, 0.3) is 0 Å². The van der Waals surface area contributed by atoms with Crippen molar-refractivity contribution in [1.82, 2.24) is 4.98 Å². The molecule has 1 unspecified atom stereocenters. The van der Waals surface area contributed by atoms with Gasteiger partial charge in [-0.2, -0.15) is 0 Å². The Morgan fingerprint density at radius 3 is 2.77 bits per heavy atom. The molecule has 0 amide bonds. The summed E-state index contributed by atoms with van der Waals surface area (Å²) in [5, 5.41) is 13.4. The lowest BCUT2D eigenvalue weighted by Crippen LogP contribution is -2.15. The fourth-order valence-corrected chi connectivity index (χ4v) is 2.64. The highest BCUT2D eigenvalue weighted by molar-refractivity contribution is 6.03. The standard InChI is InChI=1S/C18H24N2O2/c1-3-5-8-13(4-2)12-19-17-11-15(18(21)22)14-9-6-7-10-16(14)20-17/h6-7,9-11,13H,3-5,8,12H2,1-2H3,(H,19,20)(H,21,22). The Bertz CT molecular complexity index is 640. The maximum Gasteiger partial charge on any atom is 0.336 e. The Kier molecular flexibility index (Phi) is 5.75. The second-order valence-electron chi connectivity index (χ2n) is 5.67. The number of carboxylic acid groups (broad SMARTS) is 1. The van der Waals surface area contributed by atoms with Gasteiger partial charge in [-0.05, 0) is 24.5 Å². The second-order valence-corrected chi connectivity index (χ2v) is 5.67. The Morgan fingerprint density at radius 1 is 1.32 bits per heavy atom. The zero-order chi connectivity index (χ0) is 15.9. The molecule has 1 heterocycles. The Morgan fingerprint density at radius 2 is 2.09 bits per heavy atom. The SMILES string of the molecule is CCCCC(CC)CNc1cc(C(=O)O)c2ccccc2n1. The van der Waals surface area contributed by atoms with E-state index in [-0.39, 0.29) is 0 Å². The molecule has 0 aliphatic rings. The molecule has 4 nitrogen and oxygen atoms in total. The summed E-state index contributed by atoms with van der Waals surface area (Å²) in [7, 11) is 0. The maximum atomic E-state index is 11.4. The van der Waals surface area contributed by atoms with Gasteiger partial charge in [-0.25, -0.2) is 9.78 Å². The molecule has 0 aliphatic heterocycles. The van der Waals surface area contributed by atoms with Crippen LogP contribution in [-0.2, 0) is 0 Å². The van der Waals surface area contributed by atoms with E-state index in [1.165, 1.54) is 19.3 Å². The average Bonchev–Trinajstić information content (AvgIpc) is 2.54. The number of hydrogen-bond donors (Lipinski definition) is 2. The van der Waals surface area contributed by atoms with E-state index in [1.807, 2.05) is 18.2 Å². The third kappa shape index (κ3) is 3.97. The molecule has 118 valence electrons. The van der Waals surface area contributed by atoms with Crippen LogP contribution in [0.2, 0.25) is 0 Å². The minimum Gasteiger partial charge on any atom is -0.478 e. The normalized spacial score (nSPS) is 12.3. The molecule has 0 radical (unpaired) electrons. The Labute approximate surface area is 131 Å². The van der Waals surface area contributed by atoms with Crippen LogP contribution >= 0.6 is 0 Å². The van der Waals surface area contributed by atoms with Crippen LogP contribution in [0.15, 0.2) is 30.3 Å². The summed E-state index contributed by atoms with van der Waals surface area (Å²) in [6.07, 6.45) is 4.74. The first-order valence-corrected chi connectivity index (χ1v) is 8.02. The van der Waals surface area contributed by atoms with Crippen LogP contribution in [0.4, 0.5) is 5.82 Å². The van der Waals surface area contributed by atoms with Crippen molar-refractivity contribution in [2.45, 2.75) is 39.5 Å². The van der Waals surface area contributed by atoms with E-state index in [0.29, 0.717) is 28.2 Å². The van der Waals surface area contributed by atoms with Crippen molar-refractivity contribution in [1.29, 1.82) is 0 Å². The Balaban J connectivity index is 2.19. The molecule has 2 aromatic rings. The van der Waals surface area contributed by atoms with Crippen LogP contribution in [0, 0.1) is 5.92 Å². The number of fused-ring (bicyclic) bond motifs is 1. The average molecular weight is 300 g/mol. The first-order chi connectivity index (χ1) is 10.7. The highest BCUT2D eigenvalue weighted by Gasteiger charge is 2.12. The maximum absolute atomic E-state index is 11.4. The van der Waals surface area contributed by atoms with E-state index in [1.54, 1.807) is 12.1 Å². The third-order valence-corrected chi connectivity index (χ3v) is 4.06. The van der Waals surface area contributed by atoms with Crippen molar-refractivity contribution in [2.75, 3.05) is 11.9 Å². The summed E-state index contributed by atoms with van der Waals surface area (Å²) >= 11 is 0. The molecular formula is C18H24N2O2. The third-order valence-electron chi connectivity index (χ3n) is 4.06. The quantitative estimate of drug-likeness (QED) is 0.750.